The molecule has 0 amide bonds. The summed E-state index contributed by atoms with van der Waals surface area (Å²) in [5.41, 5.74) is 0.971. The van der Waals surface area contributed by atoms with Gasteiger partial charge in [0.15, 0.2) is 0 Å². The first-order valence-electron chi connectivity index (χ1n) is 8.59. The molecule has 1 aromatic carbocycles. The summed E-state index contributed by atoms with van der Waals surface area (Å²) in [5, 5.41) is 3.67. The predicted molar refractivity (Wildman–Crippen MR) is 98.3 cm³/mol. The number of benzene rings is 1. The molecule has 1 unspecified atom stereocenters. The van der Waals surface area contributed by atoms with Crippen LogP contribution >= 0.6 is 0 Å². The second kappa shape index (κ2) is 8.69. The van der Waals surface area contributed by atoms with Gasteiger partial charge in [-0.3, -0.25) is 0 Å². The van der Waals surface area contributed by atoms with E-state index in [0.29, 0.717) is 6.61 Å². The molecule has 0 bridgehead atoms. The van der Waals surface area contributed by atoms with Gasteiger partial charge in [0.05, 0.1) is 5.25 Å². The molecule has 2 rings (SSSR count). The van der Waals surface area contributed by atoms with Crippen molar-refractivity contribution in [3.8, 4) is 5.75 Å². The van der Waals surface area contributed by atoms with E-state index in [0.717, 1.165) is 30.8 Å². The molecule has 0 aromatic heterocycles. The van der Waals surface area contributed by atoms with Gasteiger partial charge in [-0.1, -0.05) is 25.3 Å². The molecule has 23 heavy (non-hydrogen) atoms. The van der Waals surface area contributed by atoms with Crippen molar-refractivity contribution in [1.29, 1.82) is 0 Å². The molecule has 0 spiro atoms. The fourth-order valence-electron chi connectivity index (χ4n) is 2.72. The average Bonchev–Trinajstić information content (AvgIpc) is 2.52. The molecule has 4 nitrogen and oxygen atoms in total. The summed E-state index contributed by atoms with van der Waals surface area (Å²) in [6, 6.07) is 7.75. The van der Waals surface area contributed by atoms with Crippen molar-refractivity contribution >= 4 is 16.7 Å². The van der Waals surface area contributed by atoms with E-state index in [4.69, 9.17) is 4.74 Å². The van der Waals surface area contributed by atoms with Crippen LogP contribution in [0.2, 0.25) is 0 Å². The SMILES string of the molecule is CC(C)(C)NCCOc1cccc(NS(=O)C2CCCCC2)c1. The Hall–Kier alpha value is -1.07. The largest absolute Gasteiger partial charge is 0.492 e. The summed E-state index contributed by atoms with van der Waals surface area (Å²) >= 11 is 0. The lowest BCUT2D eigenvalue weighted by molar-refractivity contribution is 0.291. The van der Waals surface area contributed by atoms with Crippen molar-refractivity contribution in [2.24, 2.45) is 0 Å². The molecule has 2 N–H and O–H groups in total. The second-order valence-electron chi connectivity index (χ2n) is 7.21. The zero-order valence-electron chi connectivity index (χ0n) is 14.6. The molecule has 1 atom stereocenters. The molecular weight excluding hydrogens is 308 g/mol. The lowest BCUT2D eigenvalue weighted by Crippen LogP contribution is -2.38. The van der Waals surface area contributed by atoms with Crippen LogP contribution in [0.5, 0.6) is 5.75 Å². The summed E-state index contributed by atoms with van der Waals surface area (Å²) in [7, 11) is -1.00. The van der Waals surface area contributed by atoms with E-state index in [2.05, 4.69) is 30.8 Å². The minimum atomic E-state index is -1.00. The summed E-state index contributed by atoms with van der Waals surface area (Å²) in [6.07, 6.45) is 5.80. The van der Waals surface area contributed by atoms with Gasteiger partial charge in [0.2, 0.25) is 0 Å². The van der Waals surface area contributed by atoms with Crippen LogP contribution in [0.1, 0.15) is 52.9 Å². The molecule has 0 saturated heterocycles. The normalized spacial score (nSPS) is 17.7. The van der Waals surface area contributed by atoms with E-state index < -0.39 is 11.0 Å². The monoisotopic (exact) mass is 338 g/mol. The van der Waals surface area contributed by atoms with Gasteiger partial charge < -0.3 is 14.8 Å². The van der Waals surface area contributed by atoms with Crippen LogP contribution in [0, 0.1) is 0 Å². The van der Waals surface area contributed by atoms with E-state index in [1.165, 1.54) is 19.3 Å². The standard InChI is InChI=1S/C18H30N2O2S/c1-18(2,3)19-12-13-22-16-9-7-8-15(14-16)20-23(21)17-10-5-4-6-11-17/h7-9,14,17,19-20H,4-6,10-13H2,1-3H3. The van der Waals surface area contributed by atoms with Crippen LogP contribution in [0.15, 0.2) is 24.3 Å². The first kappa shape index (κ1) is 18.3. The van der Waals surface area contributed by atoms with Gasteiger partial charge in [-0.15, -0.1) is 0 Å². The number of rotatable bonds is 7. The molecule has 1 aliphatic carbocycles. The van der Waals surface area contributed by atoms with Crippen LogP contribution < -0.4 is 14.8 Å². The highest BCUT2D eigenvalue weighted by Gasteiger charge is 2.19. The van der Waals surface area contributed by atoms with Gasteiger partial charge in [-0.25, -0.2) is 4.21 Å². The first-order chi connectivity index (χ1) is 10.9. The Morgan fingerprint density at radius 2 is 1.96 bits per heavy atom. The smallest absolute Gasteiger partial charge is 0.121 e. The Balaban J connectivity index is 1.80. The molecule has 0 radical (unpaired) electrons. The van der Waals surface area contributed by atoms with Crippen molar-refractivity contribution in [3.63, 3.8) is 0 Å². The van der Waals surface area contributed by atoms with E-state index in [1.807, 2.05) is 24.3 Å². The highest BCUT2D eigenvalue weighted by atomic mass is 32.2. The summed E-state index contributed by atoms with van der Waals surface area (Å²) in [5.74, 6) is 0.811. The Kier molecular flexibility index (Phi) is 6.90. The molecular formula is C18H30N2O2S. The van der Waals surface area contributed by atoms with Crippen molar-refractivity contribution in [2.75, 3.05) is 17.9 Å². The van der Waals surface area contributed by atoms with Gasteiger partial charge in [0.1, 0.15) is 23.3 Å². The number of hydrogen-bond acceptors (Lipinski definition) is 3. The maximum absolute atomic E-state index is 12.4. The maximum Gasteiger partial charge on any atom is 0.121 e. The fraction of sp³-hybridized carbons (Fsp3) is 0.667. The third-order valence-electron chi connectivity index (χ3n) is 3.93. The lowest BCUT2D eigenvalue weighted by atomic mass is 10.0. The van der Waals surface area contributed by atoms with E-state index in [1.54, 1.807) is 0 Å². The van der Waals surface area contributed by atoms with Gasteiger partial charge >= 0.3 is 0 Å². The van der Waals surface area contributed by atoms with Gasteiger partial charge in [-0.2, -0.15) is 0 Å². The quantitative estimate of drug-likeness (QED) is 0.742. The van der Waals surface area contributed by atoms with E-state index >= 15 is 0 Å². The number of hydrogen-bond donors (Lipinski definition) is 2. The average molecular weight is 339 g/mol. The van der Waals surface area contributed by atoms with Crippen LogP contribution in [-0.2, 0) is 11.0 Å². The number of anilines is 1. The zero-order valence-corrected chi connectivity index (χ0v) is 15.4. The van der Waals surface area contributed by atoms with Crippen LogP contribution in [0.25, 0.3) is 0 Å². The van der Waals surface area contributed by atoms with Crippen molar-refractivity contribution in [1.82, 2.24) is 5.32 Å². The van der Waals surface area contributed by atoms with E-state index in [9.17, 15) is 4.21 Å². The summed E-state index contributed by atoms with van der Waals surface area (Å²) < 4.78 is 21.3. The number of ether oxygens (including phenoxy) is 1. The first-order valence-corrected chi connectivity index (χ1v) is 9.80. The Morgan fingerprint density at radius 1 is 1.22 bits per heavy atom. The lowest BCUT2D eigenvalue weighted by Gasteiger charge is -2.22. The highest BCUT2D eigenvalue weighted by molar-refractivity contribution is 7.87. The molecule has 0 heterocycles. The summed E-state index contributed by atoms with van der Waals surface area (Å²) in [4.78, 5) is 0. The van der Waals surface area contributed by atoms with Gasteiger partial charge in [-0.05, 0) is 45.7 Å². The molecule has 5 heteroatoms. The van der Waals surface area contributed by atoms with Crippen LogP contribution in [0.4, 0.5) is 5.69 Å². The minimum Gasteiger partial charge on any atom is -0.492 e. The molecule has 0 aliphatic heterocycles. The van der Waals surface area contributed by atoms with Crippen LogP contribution in [0.3, 0.4) is 0 Å². The molecule has 1 aliphatic rings. The fourth-order valence-corrected chi connectivity index (χ4v) is 4.01. The topological polar surface area (TPSA) is 50.4 Å². The molecule has 1 saturated carbocycles. The zero-order chi connectivity index (χ0) is 16.7. The predicted octanol–water partition coefficient (Wildman–Crippen LogP) is 3.86. The highest BCUT2D eigenvalue weighted by Crippen LogP contribution is 2.24. The third-order valence-corrected chi connectivity index (χ3v) is 5.45. The molecule has 130 valence electrons. The van der Waals surface area contributed by atoms with Crippen LogP contribution in [-0.4, -0.2) is 28.1 Å². The minimum absolute atomic E-state index is 0.101. The van der Waals surface area contributed by atoms with E-state index in [-0.39, 0.29) is 10.8 Å². The molecule has 1 aromatic rings. The van der Waals surface area contributed by atoms with Gasteiger partial charge in [0, 0.05) is 23.8 Å². The third kappa shape index (κ3) is 6.92. The Morgan fingerprint density at radius 3 is 2.65 bits per heavy atom. The maximum atomic E-state index is 12.4. The Labute approximate surface area is 143 Å². The second-order valence-corrected chi connectivity index (χ2v) is 8.68. The van der Waals surface area contributed by atoms with Crippen molar-refractivity contribution in [2.45, 2.75) is 63.7 Å². The van der Waals surface area contributed by atoms with Gasteiger partial charge in [0.25, 0.3) is 0 Å². The molecule has 1 fully saturated rings. The Bertz CT molecular complexity index is 508. The van der Waals surface area contributed by atoms with Crippen molar-refractivity contribution in [3.05, 3.63) is 24.3 Å². The van der Waals surface area contributed by atoms with Crippen molar-refractivity contribution < 1.29 is 8.95 Å². The summed E-state index contributed by atoms with van der Waals surface area (Å²) in [6.45, 7) is 7.83. The number of nitrogens with one attached hydrogen (secondary N) is 2.